The van der Waals surface area contributed by atoms with Crippen LogP contribution in [0.4, 0.5) is 13.2 Å². The van der Waals surface area contributed by atoms with Crippen LogP contribution in [0.2, 0.25) is 0 Å². The molecule has 5 nitrogen and oxygen atoms in total. The zero-order valence-corrected chi connectivity index (χ0v) is 14.4. The first-order chi connectivity index (χ1) is 12.9. The van der Waals surface area contributed by atoms with E-state index in [4.69, 9.17) is 14.3 Å². The van der Waals surface area contributed by atoms with Gasteiger partial charge in [0.1, 0.15) is 17.0 Å². The fourth-order valence-electron chi connectivity index (χ4n) is 3.54. The largest absolute Gasteiger partial charge is 0.573 e. The van der Waals surface area contributed by atoms with Crippen molar-refractivity contribution in [2.75, 3.05) is 13.2 Å². The van der Waals surface area contributed by atoms with Gasteiger partial charge in [0.15, 0.2) is 5.79 Å². The summed E-state index contributed by atoms with van der Waals surface area (Å²) in [5.74, 6) is 4.94. The van der Waals surface area contributed by atoms with E-state index in [1.807, 2.05) is 6.08 Å². The Kier molecular flexibility index (Phi) is 4.54. The van der Waals surface area contributed by atoms with Gasteiger partial charge >= 0.3 is 6.36 Å². The molecule has 27 heavy (non-hydrogen) atoms. The van der Waals surface area contributed by atoms with Crippen LogP contribution in [0, 0.1) is 11.8 Å². The zero-order valence-electron chi connectivity index (χ0n) is 14.4. The van der Waals surface area contributed by atoms with Crippen molar-refractivity contribution in [2.24, 2.45) is 0 Å². The molecule has 0 aromatic heterocycles. The van der Waals surface area contributed by atoms with E-state index in [9.17, 15) is 13.2 Å². The predicted molar refractivity (Wildman–Crippen MR) is 88.1 cm³/mol. The van der Waals surface area contributed by atoms with Gasteiger partial charge in [0.2, 0.25) is 0 Å². The summed E-state index contributed by atoms with van der Waals surface area (Å²) in [6.07, 6.45) is 0.149. The van der Waals surface area contributed by atoms with Gasteiger partial charge in [0.25, 0.3) is 0 Å². The fourth-order valence-corrected chi connectivity index (χ4v) is 3.54. The third-order valence-electron chi connectivity index (χ3n) is 4.85. The lowest BCUT2D eigenvalue weighted by molar-refractivity contribution is -0.274. The molecule has 3 aliphatic rings. The van der Waals surface area contributed by atoms with Gasteiger partial charge in [-0.15, -0.1) is 13.2 Å². The van der Waals surface area contributed by atoms with E-state index in [1.54, 1.807) is 6.07 Å². The van der Waals surface area contributed by atoms with E-state index < -0.39 is 17.8 Å². The molecule has 0 radical (unpaired) electrons. The van der Waals surface area contributed by atoms with Crippen molar-refractivity contribution >= 4 is 0 Å². The van der Waals surface area contributed by atoms with Gasteiger partial charge in [-0.1, -0.05) is 12.0 Å². The maximum Gasteiger partial charge on any atom is 0.573 e. The molecular formula is C19H18F3NO4. The monoisotopic (exact) mass is 381 g/mol. The lowest BCUT2D eigenvalue weighted by Crippen LogP contribution is -2.43. The lowest BCUT2D eigenvalue weighted by atomic mass is 9.81. The minimum absolute atomic E-state index is 0.301. The highest BCUT2D eigenvalue weighted by Crippen LogP contribution is 2.43. The molecule has 0 bridgehead atoms. The molecule has 2 aliphatic heterocycles. The molecule has 1 saturated heterocycles. The van der Waals surface area contributed by atoms with E-state index in [0.717, 1.165) is 25.7 Å². The topological polar surface area (TPSA) is 49.0 Å². The lowest BCUT2D eigenvalue weighted by Gasteiger charge is -2.39. The highest BCUT2D eigenvalue weighted by atomic mass is 19.4. The van der Waals surface area contributed by atoms with Gasteiger partial charge in [-0.25, -0.2) is 0 Å². The highest BCUT2D eigenvalue weighted by Gasteiger charge is 2.48. The Morgan fingerprint density at radius 3 is 2.48 bits per heavy atom. The van der Waals surface area contributed by atoms with E-state index >= 15 is 0 Å². The number of alkyl halides is 3. The van der Waals surface area contributed by atoms with Crippen molar-refractivity contribution in [1.82, 2.24) is 5.48 Å². The van der Waals surface area contributed by atoms with Crippen molar-refractivity contribution in [1.29, 1.82) is 0 Å². The summed E-state index contributed by atoms with van der Waals surface area (Å²) in [4.78, 5) is 5.75. The molecule has 1 saturated carbocycles. The zero-order chi connectivity index (χ0) is 19.0. The molecule has 0 unspecified atom stereocenters. The van der Waals surface area contributed by atoms with Crippen LogP contribution in [0.25, 0.3) is 0 Å². The van der Waals surface area contributed by atoms with E-state index in [0.29, 0.717) is 24.5 Å². The molecule has 0 atom stereocenters. The van der Waals surface area contributed by atoms with Crippen molar-refractivity contribution < 1.29 is 32.2 Å². The number of hydrogen-bond acceptors (Lipinski definition) is 5. The molecule has 2 heterocycles. The maximum absolute atomic E-state index is 12.3. The molecule has 2 spiro atoms. The number of rotatable bonds is 1. The van der Waals surface area contributed by atoms with Crippen molar-refractivity contribution in [3.05, 3.63) is 41.6 Å². The number of allylic oxidation sites excluding steroid dienone is 1. The summed E-state index contributed by atoms with van der Waals surface area (Å²) in [6, 6.07) is 5.55. The van der Waals surface area contributed by atoms with Crippen molar-refractivity contribution in [3.63, 3.8) is 0 Å². The summed E-state index contributed by atoms with van der Waals surface area (Å²) in [5, 5.41) is 0. The Balaban J connectivity index is 1.43. The average molecular weight is 381 g/mol. The number of nitrogens with one attached hydrogen (secondary N) is 1. The minimum Gasteiger partial charge on any atom is -0.406 e. The standard InChI is InChI=1S/C19H18F3NO4/c20-19(21,22)26-16-3-1-2-14(12-16)4-5-15-13-17(27-23-15)6-8-18(9-7-17)24-10-11-25-18/h1-3,12-13,23H,6-11H2. The second kappa shape index (κ2) is 6.75. The predicted octanol–water partition coefficient (Wildman–Crippen LogP) is 3.41. The molecule has 1 aromatic carbocycles. The molecule has 0 amide bonds. The van der Waals surface area contributed by atoms with Crippen molar-refractivity contribution in [3.8, 4) is 17.6 Å². The van der Waals surface area contributed by atoms with Gasteiger partial charge in [-0.05, 0) is 43.0 Å². The normalized spacial score (nSPS) is 22.9. The van der Waals surface area contributed by atoms with Crippen LogP contribution in [0.3, 0.4) is 0 Å². The first-order valence-corrected chi connectivity index (χ1v) is 8.68. The van der Waals surface area contributed by atoms with Gasteiger partial charge in [-0.2, -0.15) is 0 Å². The first-order valence-electron chi connectivity index (χ1n) is 8.68. The average Bonchev–Trinajstić information content (AvgIpc) is 3.23. The third-order valence-corrected chi connectivity index (χ3v) is 4.85. The maximum atomic E-state index is 12.3. The van der Waals surface area contributed by atoms with Gasteiger partial charge in [0, 0.05) is 18.4 Å². The molecule has 1 aliphatic carbocycles. The Morgan fingerprint density at radius 1 is 1.04 bits per heavy atom. The molecule has 1 aromatic rings. The molecule has 8 heteroatoms. The number of hydrogen-bond donors (Lipinski definition) is 1. The SMILES string of the molecule is FC(F)(F)Oc1cccc(C#CC2=CC3(CCC4(CC3)OCCO4)ON2)c1. The number of halogens is 3. The van der Waals surface area contributed by atoms with Gasteiger partial charge < -0.3 is 14.2 Å². The third kappa shape index (κ3) is 4.21. The second-order valence-electron chi connectivity index (χ2n) is 6.76. The minimum atomic E-state index is -4.73. The fraction of sp³-hybridized carbons (Fsp3) is 0.474. The Bertz CT molecular complexity index is 793. The van der Waals surface area contributed by atoms with Crippen LogP contribution in [0.15, 0.2) is 36.0 Å². The van der Waals surface area contributed by atoms with Crippen LogP contribution in [0.1, 0.15) is 31.2 Å². The van der Waals surface area contributed by atoms with Crippen LogP contribution >= 0.6 is 0 Å². The van der Waals surface area contributed by atoms with Crippen LogP contribution in [0.5, 0.6) is 5.75 Å². The number of ether oxygens (including phenoxy) is 3. The smallest absolute Gasteiger partial charge is 0.406 e. The number of benzene rings is 1. The van der Waals surface area contributed by atoms with Crippen LogP contribution < -0.4 is 10.2 Å². The summed E-state index contributed by atoms with van der Waals surface area (Å²) in [6.45, 7) is 1.24. The molecule has 144 valence electrons. The quantitative estimate of drug-likeness (QED) is 0.756. The van der Waals surface area contributed by atoms with Gasteiger partial charge in [-0.3, -0.25) is 10.3 Å². The Labute approximate surface area is 154 Å². The summed E-state index contributed by atoms with van der Waals surface area (Å²) in [7, 11) is 0. The first kappa shape index (κ1) is 18.2. The Hall–Kier alpha value is -2.21. The summed E-state index contributed by atoms with van der Waals surface area (Å²) in [5.41, 5.74) is 3.36. The molecular weight excluding hydrogens is 363 g/mol. The van der Waals surface area contributed by atoms with E-state index in [1.165, 1.54) is 18.2 Å². The number of hydroxylamine groups is 1. The van der Waals surface area contributed by atoms with Crippen molar-refractivity contribution in [2.45, 2.75) is 43.4 Å². The van der Waals surface area contributed by atoms with E-state index in [-0.39, 0.29) is 5.75 Å². The summed E-state index contributed by atoms with van der Waals surface area (Å²) < 4.78 is 52.3. The molecule has 4 rings (SSSR count). The molecule has 2 fully saturated rings. The van der Waals surface area contributed by atoms with Crippen LogP contribution in [-0.2, 0) is 14.3 Å². The van der Waals surface area contributed by atoms with E-state index in [2.05, 4.69) is 22.1 Å². The van der Waals surface area contributed by atoms with Gasteiger partial charge in [0.05, 0.1) is 13.2 Å². The summed E-state index contributed by atoms with van der Waals surface area (Å²) >= 11 is 0. The second-order valence-corrected chi connectivity index (χ2v) is 6.76. The Morgan fingerprint density at radius 2 is 1.78 bits per heavy atom. The van der Waals surface area contributed by atoms with Crippen LogP contribution in [-0.4, -0.2) is 31.0 Å². The highest BCUT2D eigenvalue weighted by molar-refractivity contribution is 5.44. The molecule has 1 N–H and O–H groups in total.